The summed E-state index contributed by atoms with van der Waals surface area (Å²) in [5.74, 6) is 3.18. The normalized spacial score (nSPS) is 11.8. The molecule has 8 nitrogen and oxygen atoms in total. The molecule has 136 heavy (non-hydrogen) atoms. The second-order valence-electron chi connectivity index (χ2n) is 35.3. The van der Waals surface area contributed by atoms with Crippen molar-refractivity contribution in [1.29, 1.82) is 0 Å². The number of ether oxygens (including phenoxy) is 4. The summed E-state index contributed by atoms with van der Waals surface area (Å²) in [5, 5.41) is 0. The maximum atomic E-state index is 5.86. The van der Waals surface area contributed by atoms with Gasteiger partial charge in [-0.1, -0.05) is 119 Å². The molecule has 0 spiro atoms. The highest BCUT2D eigenvalue weighted by atomic mass is 32.1. The number of nitrogens with zero attached hydrogens (tertiary/aromatic N) is 2. The molecule has 2 N–H and O–H groups in total. The van der Waals surface area contributed by atoms with E-state index in [2.05, 4.69) is 384 Å². The SMILES string of the molecule is COc1ccc(-c2c3nc(c(-c4c(C)cc(C)cc4C)c4ccc(s4)c(-c4c(C)cc(C)cc4C)c4ccc([nH]4)c(-c4ccc(OC)cc4)c4ccc(s4)c4ccc(s4)c4ccc(s4)c(-c4ccc(OC)cc4)c4nc(c(-c5c(C)cc(C)cc5C)c5ccc(s5)c(-c5c(C)cc(C)cc5C)c5ccc([nH]5)c(-c5ccc(OC)cc5)c5ccc(s5)c5ccc(s5)c5ccc2s5)C=C4)C=C3)cc1. The van der Waals surface area contributed by atoms with Gasteiger partial charge in [-0.2, -0.15) is 0 Å². The molecule has 16 heteroatoms. The molecule has 13 heterocycles. The van der Waals surface area contributed by atoms with E-state index in [1.165, 1.54) is 127 Å². The van der Waals surface area contributed by atoms with Crippen molar-refractivity contribution in [1.82, 2.24) is 19.9 Å². The van der Waals surface area contributed by atoms with Crippen molar-refractivity contribution >= 4 is 212 Å². The number of aromatic amines is 2. The topological polar surface area (TPSA) is 94.3 Å². The minimum Gasteiger partial charge on any atom is -0.497 e. The molecular formula is C120H98N4O4S8. The molecule has 2 aliphatic heterocycles. The predicted octanol–water partition coefficient (Wildman–Crippen LogP) is 37.1. The largest absolute Gasteiger partial charge is 0.497 e. The van der Waals surface area contributed by atoms with Crippen LogP contribution in [0.15, 0.2) is 267 Å². The van der Waals surface area contributed by atoms with Gasteiger partial charge >= 0.3 is 0 Å². The van der Waals surface area contributed by atoms with E-state index in [-0.39, 0.29) is 0 Å². The zero-order valence-electron chi connectivity index (χ0n) is 78.5. The standard InChI is InChI=1S/C120H98N4O4S8/c1-65-57-69(5)109(70(6)58-65)117-89-37-33-85(121-89)113(77-17-25-81(125-13)26-18-77)101-49-45-97(131-101)93-41-42-94(129-93)98-47-51-103(133-98)115(79-21-29-83(127-15)30-22-79)87-35-39-91(123-87)119(111-73(9)61-67(3)62-74(111)10)107-55-56-108(136-107)120(112-75(11)63-68(4)64-76(112)12)92-40-36-88(124-92)116(80-23-31-84(128-16)32-24-80)104-52-48-100(134-104)96-44-43-95(130-96)99-46-50-102(132-99)114(78-19-27-82(126-14)28-20-78)86-34-38-90(122-86)118(106-54-53-105(117)135-106)110-71(7)59-66(2)60-72(110)8/h17-64,121,124H,1-16H3. The molecule has 0 aliphatic carbocycles. The lowest BCUT2D eigenvalue weighted by molar-refractivity contribution is 0.415. The van der Waals surface area contributed by atoms with E-state index in [0.29, 0.717) is 0 Å². The smallest absolute Gasteiger partial charge is 0.118 e. The number of methoxy groups -OCH3 is 4. The first-order chi connectivity index (χ1) is 66.0. The Morgan fingerprint density at radius 1 is 0.176 bits per heavy atom. The number of hydrogen-bond donors (Lipinski definition) is 2. The predicted molar refractivity (Wildman–Crippen MR) is 597 cm³/mol. The molecule has 0 saturated heterocycles. The van der Waals surface area contributed by atoms with Crippen molar-refractivity contribution < 1.29 is 18.9 Å². The molecule has 0 atom stereocenters. The van der Waals surface area contributed by atoms with Crippen molar-refractivity contribution in [3.8, 4) is 112 Å². The average molecular weight is 1920 g/mol. The Morgan fingerprint density at radius 3 is 0.581 bits per heavy atom. The van der Waals surface area contributed by atoms with Gasteiger partial charge < -0.3 is 28.9 Å². The minimum absolute atomic E-state index is 0.791. The number of fused-ring (bicyclic) bond motifs is 28. The zero-order valence-corrected chi connectivity index (χ0v) is 85.0. The first-order valence-electron chi connectivity index (χ1n) is 45.4. The fraction of sp³-hybridized carbons (Fsp3) is 0.133. The third-order valence-corrected chi connectivity index (χ3v) is 35.4. The minimum atomic E-state index is 0.791. The Kier molecular flexibility index (Phi) is 24.3. The van der Waals surface area contributed by atoms with Gasteiger partial charge in [-0.15, -0.1) is 90.7 Å². The molecule has 0 unspecified atom stereocenters. The van der Waals surface area contributed by atoms with Crippen molar-refractivity contribution in [2.45, 2.75) is 83.1 Å². The van der Waals surface area contributed by atoms with E-state index in [9.17, 15) is 0 Å². The van der Waals surface area contributed by atoms with Gasteiger partial charge in [-0.3, -0.25) is 0 Å². The van der Waals surface area contributed by atoms with E-state index in [1.54, 1.807) is 51.1 Å². The van der Waals surface area contributed by atoms with Crippen LogP contribution in [0.3, 0.4) is 0 Å². The Morgan fingerprint density at radius 2 is 0.346 bits per heavy atom. The van der Waals surface area contributed by atoms with Gasteiger partial charge in [0.2, 0.25) is 0 Å². The fourth-order valence-corrected chi connectivity index (χ4v) is 29.0. The van der Waals surface area contributed by atoms with Crippen LogP contribution in [0, 0.1) is 83.1 Å². The van der Waals surface area contributed by atoms with E-state index < -0.39 is 0 Å². The lowest BCUT2D eigenvalue weighted by Crippen LogP contribution is -1.93. The van der Waals surface area contributed by atoms with Crippen LogP contribution in [-0.4, -0.2) is 48.4 Å². The monoisotopic (exact) mass is 1910 g/mol. The van der Waals surface area contributed by atoms with Crippen molar-refractivity contribution in [3.05, 3.63) is 356 Å². The summed E-state index contributed by atoms with van der Waals surface area (Å²) in [7, 11) is 6.92. The summed E-state index contributed by atoms with van der Waals surface area (Å²) < 4.78 is 41.9. The summed E-state index contributed by atoms with van der Waals surface area (Å²) in [6.07, 6.45) is 8.95. The number of nitrogens with one attached hydrogen (secondary N) is 2. The van der Waals surface area contributed by atoms with Crippen LogP contribution in [-0.2, 0) is 0 Å². The molecular weight excluding hydrogens is 1820 g/mol. The molecule has 0 saturated carbocycles. The second-order valence-corrected chi connectivity index (χ2v) is 44.0. The van der Waals surface area contributed by atoms with Crippen LogP contribution in [0.2, 0.25) is 0 Å². The highest BCUT2D eigenvalue weighted by Gasteiger charge is 2.25. The van der Waals surface area contributed by atoms with E-state index in [4.69, 9.17) is 28.9 Å². The molecule has 8 aromatic carbocycles. The van der Waals surface area contributed by atoms with Crippen LogP contribution >= 0.6 is 90.7 Å². The summed E-state index contributed by atoms with van der Waals surface area (Å²) in [5.41, 5.74) is 40.0. The van der Waals surface area contributed by atoms with Gasteiger partial charge in [0.15, 0.2) is 0 Å². The second kappa shape index (κ2) is 37.0. The molecule has 2 aliphatic rings. The van der Waals surface area contributed by atoms with Crippen LogP contribution in [0.25, 0.3) is 211 Å². The summed E-state index contributed by atoms with van der Waals surface area (Å²) in [6.45, 7) is 26.9. The lowest BCUT2D eigenvalue weighted by atomic mass is 9.93. The summed E-state index contributed by atoms with van der Waals surface area (Å²) >= 11 is 14.6. The van der Waals surface area contributed by atoms with Gasteiger partial charge in [0, 0.05) is 142 Å². The summed E-state index contributed by atoms with van der Waals surface area (Å²) in [6, 6.07) is 98.6. The number of aromatic nitrogens is 4. The van der Waals surface area contributed by atoms with Gasteiger partial charge in [-0.05, 0) is 366 Å². The first kappa shape index (κ1) is 89.2. The molecule has 11 aromatic heterocycles. The number of thiophene rings is 8. The fourth-order valence-electron chi connectivity index (χ4n) is 20.1. The number of benzene rings is 8. The maximum absolute atomic E-state index is 5.86. The molecule has 0 radical (unpaired) electrons. The van der Waals surface area contributed by atoms with Crippen LogP contribution in [0.1, 0.15) is 89.5 Å². The molecule has 670 valence electrons. The molecule has 19 aromatic rings. The third-order valence-electron chi connectivity index (χ3n) is 25.8. The lowest BCUT2D eigenvalue weighted by Gasteiger charge is -2.13. The molecule has 24 bridgehead atoms. The quantitative estimate of drug-likeness (QED) is 0.127. The van der Waals surface area contributed by atoms with Gasteiger partial charge in [0.1, 0.15) is 23.0 Å². The van der Waals surface area contributed by atoms with Crippen LogP contribution in [0.5, 0.6) is 23.0 Å². The highest BCUT2D eigenvalue weighted by Crippen LogP contribution is 2.50. The Bertz CT molecular complexity index is 8190. The molecule has 0 amide bonds. The van der Waals surface area contributed by atoms with Gasteiger partial charge in [0.05, 0.1) is 51.2 Å². The van der Waals surface area contributed by atoms with E-state index >= 15 is 0 Å². The van der Waals surface area contributed by atoms with Crippen molar-refractivity contribution in [2.75, 3.05) is 28.4 Å². The van der Waals surface area contributed by atoms with Gasteiger partial charge in [-0.25, -0.2) is 9.97 Å². The van der Waals surface area contributed by atoms with E-state index in [1.807, 2.05) is 68.0 Å². The number of aryl methyl sites for hydroxylation is 12. The third kappa shape index (κ3) is 17.0. The average Bonchev–Trinajstić information content (AvgIpc) is 1.60. The maximum Gasteiger partial charge on any atom is 0.118 e. The summed E-state index contributed by atoms with van der Waals surface area (Å²) in [4.78, 5) is 20.0. The van der Waals surface area contributed by atoms with Gasteiger partial charge in [0.25, 0.3) is 0 Å². The van der Waals surface area contributed by atoms with Crippen LogP contribution < -0.4 is 18.9 Å². The number of H-pyrrole nitrogens is 2. The Balaban J connectivity index is 0.853. The Hall–Kier alpha value is -13.4. The van der Waals surface area contributed by atoms with Crippen LogP contribution in [0.4, 0.5) is 0 Å². The molecule has 21 rings (SSSR count). The van der Waals surface area contributed by atoms with E-state index in [0.717, 1.165) is 172 Å². The number of hydrogen-bond acceptors (Lipinski definition) is 14. The number of rotatable bonds is 12. The first-order valence-corrected chi connectivity index (χ1v) is 52.0. The Labute approximate surface area is 823 Å². The highest BCUT2D eigenvalue weighted by molar-refractivity contribution is 7.35. The van der Waals surface area contributed by atoms with Crippen molar-refractivity contribution in [2.24, 2.45) is 0 Å². The van der Waals surface area contributed by atoms with Crippen molar-refractivity contribution in [3.63, 3.8) is 0 Å². The zero-order chi connectivity index (χ0) is 93.6. The molecule has 0 fully saturated rings.